The van der Waals surface area contributed by atoms with E-state index in [1.165, 1.54) is 17.0 Å². The van der Waals surface area contributed by atoms with Gasteiger partial charge in [0.15, 0.2) is 0 Å². The number of sulfonamides is 1. The molecule has 1 atom stereocenters. The molecule has 2 amide bonds. The van der Waals surface area contributed by atoms with Gasteiger partial charge in [0.25, 0.3) is 10.0 Å². The summed E-state index contributed by atoms with van der Waals surface area (Å²) < 4.78 is 29.7. The van der Waals surface area contributed by atoms with Gasteiger partial charge in [-0.25, -0.2) is 8.42 Å². The maximum Gasteiger partial charge on any atom is 0.264 e. The van der Waals surface area contributed by atoms with Gasteiger partial charge in [-0.3, -0.25) is 13.9 Å². The Morgan fingerprint density at radius 1 is 0.804 bits per heavy atom. The first-order chi connectivity index (χ1) is 21.8. The Bertz CT molecular complexity index is 1780. The summed E-state index contributed by atoms with van der Waals surface area (Å²) >= 11 is 13.2. The molecule has 0 saturated heterocycles. The van der Waals surface area contributed by atoms with Gasteiger partial charge < -0.3 is 10.2 Å². The first-order valence-electron chi connectivity index (χ1n) is 15.0. The van der Waals surface area contributed by atoms with Crippen LogP contribution in [0, 0.1) is 20.8 Å². The lowest BCUT2D eigenvalue weighted by atomic mass is 10.0. The zero-order valence-electron chi connectivity index (χ0n) is 26.6. The topological polar surface area (TPSA) is 86.8 Å². The van der Waals surface area contributed by atoms with E-state index in [1.807, 2.05) is 70.2 Å². The van der Waals surface area contributed by atoms with E-state index >= 15 is 0 Å². The van der Waals surface area contributed by atoms with Gasteiger partial charge in [-0.2, -0.15) is 0 Å². The van der Waals surface area contributed by atoms with E-state index in [-0.39, 0.29) is 29.8 Å². The molecule has 10 heteroatoms. The van der Waals surface area contributed by atoms with Crippen LogP contribution in [0.3, 0.4) is 0 Å². The average molecular weight is 681 g/mol. The van der Waals surface area contributed by atoms with E-state index < -0.39 is 28.5 Å². The molecule has 0 heterocycles. The van der Waals surface area contributed by atoms with Gasteiger partial charge in [-0.05, 0) is 81.6 Å². The molecule has 0 bridgehead atoms. The van der Waals surface area contributed by atoms with Crippen molar-refractivity contribution in [3.63, 3.8) is 0 Å². The highest BCUT2D eigenvalue weighted by Gasteiger charge is 2.35. The van der Waals surface area contributed by atoms with Crippen molar-refractivity contribution in [1.82, 2.24) is 10.2 Å². The maximum atomic E-state index is 14.7. The van der Waals surface area contributed by atoms with E-state index in [1.54, 1.807) is 43.3 Å². The van der Waals surface area contributed by atoms with Crippen LogP contribution in [-0.2, 0) is 32.6 Å². The largest absolute Gasteiger partial charge is 0.352 e. The van der Waals surface area contributed by atoms with Crippen LogP contribution in [0.1, 0.15) is 41.7 Å². The fourth-order valence-corrected chi connectivity index (χ4v) is 7.11. The molecular formula is C36H39Cl2N3O4S. The third kappa shape index (κ3) is 8.49. The molecule has 0 aromatic heterocycles. The van der Waals surface area contributed by atoms with Crippen LogP contribution in [-0.4, -0.2) is 43.8 Å². The molecule has 0 fully saturated rings. The number of amides is 2. The molecule has 4 rings (SSSR count). The van der Waals surface area contributed by atoms with Crippen molar-refractivity contribution >= 4 is 50.7 Å². The molecule has 242 valence electrons. The maximum absolute atomic E-state index is 14.7. The Morgan fingerprint density at radius 2 is 1.41 bits per heavy atom. The molecule has 1 N–H and O–H groups in total. The van der Waals surface area contributed by atoms with Crippen LogP contribution < -0.4 is 9.62 Å². The van der Waals surface area contributed by atoms with Gasteiger partial charge in [-0.15, -0.1) is 0 Å². The Kier molecular flexibility index (Phi) is 11.5. The van der Waals surface area contributed by atoms with E-state index in [0.29, 0.717) is 26.9 Å². The lowest BCUT2D eigenvalue weighted by Gasteiger charge is -2.35. The number of benzene rings is 4. The molecule has 0 radical (unpaired) electrons. The van der Waals surface area contributed by atoms with Crippen molar-refractivity contribution in [3.8, 4) is 0 Å². The number of nitrogens with one attached hydrogen (secondary N) is 1. The molecule has 0 aliphatic heterocycles. The Hall–Kier alpha value is -3.85. The van der Waals surface area contributed by atoms with Gasteiger partial charge >= 0.3 is 0 Å². The predicted octanol–water partition coefficient (Wildman–Crippen LogP) is 7.28. The quantitative estimate of drug-likeness (QED) is 0.171. The van der Waals surface area contributed by atoms with Gasteiger partial charge in [0.1, 0.15) is 12.6 Å². The normalized spacial score (nSPS) is 12.1. The summed E-state index contributed by atoms with van der Waals surface area (Å²) in [7, 11) is -4.22. The summed E-state index contributed by atoms with van der Waals surface area (Å²) in [5.74, 6) is -0.970. The average Bonchev–Trinajstić information content (AvgIpc) is 3.00. The van der Waals surface area contributed by atoms with Gasteiger partial charge in [-0.1, -0.05) is 89.4 Å². The molecule has 4 aromatic carbocycles. The monoisotopic (exact) mass is 679 g/mol. The van der Waals surface area contributed by atoms with Gasteiger partial charge in [0.05, 0.1) is 10.6 Å². The molecule has 7 nitrogen and oxygen atoms in total. The standard InChI is InChI=1S/C36H39Cl2N3O4S/c1-24(2)39-36(43)34(21-28-10-7-6-8-11-28)40(22-30-31(37)12-9-13-32(30)38)35(42)23-41(33-20-26(4)14-17-27(33)5)46(44,45)29-18-15-25(3)16-19-29/h6-20,24,34H,21-23H2,1-5H3,(H,39,43)/t34-/m0/s1. The number of carbonyl (C=O) groups is 2. The molecular weight excluding hydrogens is 641 g/mol. The highest BCUT2D eigenvalue weighted by molar-refractivity contribution is 7.92. The lowest BCUT2D eigenvalue weighted by molar-refractivity contribution is -0.140. The van der Waals surface area contributed by atoms with E-state index in [2.05, 4.69) is 5.32 Å². The third-order valence-electron chi connectivity index (χ3n) is 7.61. The number of anilines is 1. The first-order valence-corrected chi connectivity index (χ1v) is 17.2. The van der Waals surface area contributed by atoms with Crippen molar-refractivity contribution < 1.29 is 18.0 Å². The van der Waals surface area contributed by atoms with Crippen LogP contribution in [0.5, 0.6) is 0 Å². The SMILES string of the molecule is Cc1ccc(S(=O)(=O)N(CC(=O)N(Cc2c(Cl)cccc2Cl)[C@@H](Cc2ccccc2)C(=O)NC(C)C)c2cc(C)ccc2C)cc1. The molecule has 4 aromatic rings. The highest BCUT2D eigenvalue weighted by atomic mass is 35.5. The van der Waals surface area contributed by atoms with Crippen LogP contribution in [0.4, 0.5) is 5.69 Å². The summed E-state index contributed by atoms with van der Waals surface area (Å²) in [5.41, 5.74) is 4.05. The second-order valence-corrected chi connectivity index (χ2v) is 14.4. The third-order valence-corrected chi connectivity index (χ3v) is 10.1. The number of hydrogen-bond acceptors (Lipinski definition) is 4. The van der Waals surface area contributed by atoms with Crippen LogP contribution in [0.15, 0.2) is 95.9 Å². The molecule has 0 unspecified atom stereocenters. The van der Waals surface area contributed by atoms with Gasteiger partial charge in [0.2, 0.25) is 11.8 Å². The second kappa shape index (κ2) is 15.2. The minimum Gasteiger partial charge on any atom is -0.352 e. The minimum atomic E-state index is -4.22. The number of aryl methyl sites for hydroxylation is 3. The number of nitrogens with zero attached hydrogens (tertiary/aromatic N) is 2. The van der Waals surface area contributed by atoms with Crippen molar-refractivity contribution in [2.24, 2.45) is 0 Å². The highest BCUT2D eigenvalue weighted by Crippen LogP contribution is 2.31. The van der Waals surface area contributed by atoms with E-state index in [0.717, 1.165) is 21.0 Å². The summed E-state index contributed by atoms with van der Waals surface area (Å²) in [4.78, 5) is 30.0. The molecule has 0 spiro atoms. The summed E-state index contributed by atoms with van der Waals surface area (Å²) in [6.07, 6.45) is 0.182. The van der Waals surface area contributed by atoms with Crippen molar-refractivity contribution in [3.05, 3.63) is 129 Å². The van der Waals surface area contributed by atoms with E-state index in [9.17, 15) is 18.0 Å². The molecule has 46 heavy (non-hydrogen) atoms. The Labute approximate surface area is 282 Å². The lowest BCUT2D eigenvalue weighted by Crippen LogP contribution is -2.54. The van der Waals surface area contributed by atoms with Crippen molar-refractivity contribution in [1.29, 1.82) is 0 Å². The van der Waals surface area contributed by atoms with Gasteiger partial charge in [0, 0.05) is 34.6 Å². The number of hydrogen-bond donors (Lipinski definition) is 1. The van der Waals surface area contributed by atoms with Crippen molar-refractivity contribution in [2.75, 3.05) is 10.8 Å². The number of halogens is 2. The Morgan fingerprint density at radius 3 is 2.02 bits per heavy atom. The summed E-state index contributed by atoms with van der Waals surface area (Å²) in [6.45, 7) is 8.52. The molecule has 0 saturated carbocycles. The molecule has 0 aliphatic rings. The summed E-state index contributed by atoms with van der Waals surface area (Å²) in [6, 6.07) is 25.1. The number of rotatable bonds is 12. The van der Waals surface area contributed by atoms with Crippen LogP contribution in [0.25, 0.3) is 0 Å². The fraction of sp³-hybridized carbons (Fsp3) is 0.278. The summed E-state index contributed by atoms with van der Waals surface area (Å²) in [5, 5.41) is 3.60. The fourth-order valence-electron chi connectivity index (χ4n) is 5.13. The zero-order valence-corrected chi connectivity index (χ0v) is 29.0. The van der Waals surface area contributed by atoms with E-state index in [4.69, 9.17) is 23.2 Å². The first kappa shape index (κ1) is 35.0. The molecule has 0 aliphatic carbocycles. The smallest absolute Gasteiger partial charge is 0.264 e. The number of carbonyl (C=O) groups excluding carboxylic acids is 2. The van der Waals surface area contributed by atoms with Crippen LogP contribution in [0.2, 0.25) is 10.0 Å². The van der Waals surface area contributed by atoms with Crippen LogP contribution >= 0.6 is 23.2 Å². The van der Waals surface area contributed by atoms with Crippen molar-refractivity contribution in [2.45, 2.75) is 64.6 Å². The second-order valence-electron chi connectivity index (χ2n) is 11.7. The zero-order chi connectivity index (χ0) is 33.6. The minimum absolute atomic E-state index is 0.0471. The predicted molar refractivity (Wildman–Crippen MR) is 186 cm³/mol. The Balaban J connectivity index is 1.87.